The highest BCUT2D eigenvalue weighted by atomic mass is 16.5. The van der Waals surface area contributed by atoms with Crippen LogP contribution in [0.15, 0.2) is 42.9 Å². The van der Waals surface area contributed by atoms with Gasteiger partial charge in [0.25, 0.3) is 0 Å². The molecule has 0 amide bonds. The number of rotatable bonds is 5. The molecule has 3 aliphatic rings. The fourth-order valence-electron chi connectivity index (χ4n) is 5.69. The lowest BCUT2D eigenvalue weighted by Gasteiger charge is -2.39. The molecule has 2 aliphatic carbocycles. The first kappa shape index (κ1) is 21.5. The minimum Gasteiger partial charge on any atom is -0.481 e. The number of ether oxygens (including phenoxy) is 2. The van der Waals surface area contributed by atoms with Crippen molar-refractivity contribution in [2.24, 2.45) is 0 Å². The van der Waals surface area contributed by atoms with Crippen LogP contribution in [-0.2, 0) is 11.2 Å². The van der Waals surface area contributed by atoms with Gasteiger partial charge in [-0.15, -0.1) is 0 Å². The van der Waals surface area contributed by atoms with Crippen molar-refractivity contribution in [2.75, 3.05) is 38.7 Å². The van der Waals surface area contributed by atoms with Gasteiger partial charge in [0.2, 0.25) is 5.88 Å². The van der Waals surface area contributed by atoms with E-state index in [2.05, 4.69) is 38.4 Å². The molecule has 0 atom stereocenters. The maximum atomic E-state index is 5.53. The molecule has 0 radical (unpaired) electrons. The number of hydrogen-bond acceptors (Lipinski definition) is 7. The van der Waals surface area contributed by atoms with Gasteiger partial charge in [-0.1, -0.05) is 12.1 Å². The molecule has 1 saturated heterocycles. The molecule has 7 nitrogen and oxygen atoms in total. The Hall–Kier alpha value is -3.03. The van der Waals surface area contributed by atoms with Gasteiger partial charge in [-0.3, -0.25) is 4.90 Å². The maximum Gasteiger partial charge on any atom is 0.213 e. The number of nitrogens with zero attached hydrogens (tertiary/aromatic N) is 4. The zero-order valence-electron chi connectivity index (χ0n) is 19.7. The molecule has 1 saturated carbocycles. The van der Waals surface area contributed by atoms with Crippen LogP contribution in [0.3, 0.4) is 0 Å². The summed E-state index contributed by atoms with van der Waals surface area (Å²) in [7, 11) is 1.65. The first-order valence-corrected chi connectivity index (χ1v) is 12.3. The molecule has 7 heteroatoms. The van der Waals surface area contributed by atoms with Crippen molar-refractivity contribution in [3.8, 4) is 28.1 Å². The number of morpholine rings is 1. The van der Waals surface area contributed by atoms with Crippen molar-refractivity contribution in [3.05, 3.63) is 54.1 Å². The summed E-state index contributed by atoms with van der Waals surface area (Å²) in [4.78, 5) is 16.2. The van der Waals surface area contributed by atoms with Gasteiger partial charge < -0.3 is 14.8 Å². The molecule has 1 aromatic carbocycles. The summed E-state index contributed by atoms with van der Waals surface area (Å²) in [5.41, 5.74) is 7.05. The number of hydrogen-bond donors (Lipinski definition) is 1. The second kappa shape index (κ2) is 9.31. The highest BCUT2D eigenvalue weighted by Crippen LogP contribution is 2.42. The van der Waals surface area contributed by atoms with Crippen molar-refractivity contribution >= 4 is 5.82 Å². The van der Waals surface area contributed by atoms with Crippen LogP contribution in [0, 0.1) is 0 Å². The van der Waals surface area contributed by atoms with E-state index in [0.29, 0.717) is 18.0 Å². The lowest BCUT2D eigenvalue weighted by molar-refractivity contribution is 0.00791. The Balaban J connectivity index is 1.22. The fourth-order valence-corrected chi connectivity index (χ4v) is 5.69. The van der Waals surface area contributed by atoms with Gasteiger partial charge in [0.05, 0.1) is 26.0 Å². The Morgan fingerprint density at radius 3 is 2.62 bits per heavy atom. The molecule has 0 bridgehead atoms. The Labute approximate surface area is 200 Å². The quantitative estimate of drug-likeness (QED) is 0.482. The van der Waals surface area contributed by atoms with Gasteiger partial charge >= 0.3 is 0 Å². The first-order chi connectivity index (χ1) is 16.8. The number of pyridine rings is 1. The molecular weight excluding hydrogens is 426 g/mol. The summed E-state index contributed by atoms with van der Waals surface area (Å²) in [5.74, 6) is 1.60. The third-order valence-electron chi connectivity index (χ3n) is 7.54. The third-order valence-corrected chi connectivity index (χ3v) is 7.54. The molecule has 2 fully saturated rings. The Kier molecular flexibility index (Phi) is 5.89. The third kappa shape index (κ3) is 4.14. The molecule has 1 aliphatic heterocycles. The maximum absolute atomic E-state index is 5.53. The van der Waals surface area contributed by atoms with E-state index in [-0.39, 0.29) is 0 Å². The molecule has 1 N–H and O–H groups in total. The standard InChI is InChI=1S/C27H31N5O2/c1-33-25-16-19(8-9-28-25)18-2-3-20-15-24-26(23(20)14-18)27(30-17-29-24)31-21-4-6-22(7-5-21)32-10-12-34-13-11-32/h2-3,8-9,14,16-17,21-22H,4-7,10-13,15H2,1H3,(H,29,30,31). The SMILES string of the molecule is COc1cc(-c2ccc3c(c2)-c2c(ncnc2NC2CCC(N4CCOCC4)CC2)C3)ccn1. The van der Waals surface area contributed by atoms with Crippen LogP contribution in [0.4, 0.5) is 5.82 Å². The van der Waals surface area contributed by atoms with Crippen LogP contribution >= 0.6 is 0 Å². The smallest absolute Gasteiger partial charge is 0.213 e. The van der Waals surface area contributed by atoms with Gasteiger partial charge in [0, 0.05) is 49.4 Å². The van der Waals surface area contributed by atoms with Crippen LogP contribution in [0.5, 0.6) is 5.88 Å². The van der Waals surface area contributed by atoms with Crippen molar-refractivity contribution in [3.63, 3.8) is 0 Å². The van der Waals surface area contributed by atoms with Gasteiger partial charge in [0.1, 0.15) is 12.1 Å². The number of benzene rings is 1. The molecule has 0 unspecified atom stereocenters. The van der Waals surface area contributed by atoms with E-state index >= 15 is 0 Å². The molecule has 34 heavy (non-hydrogen) atoms. The van der Waals surface area contributed by atoms with Gasteiger partial charge in [0.15, 0.2) is 0 Å². The van der Waals surface area contributed by atoms with Gasteiger partial charge in [-0.25, -0.2) is 15.0 Å². The Morgan fingerprint density at radius 2 is 1.79 bits per heavy atom. The molecule has 2 aromatic heterocycles. The number of anilines is 1. The van der Waals surface area contributed by atoms with E-state index in [0.717, 1.165) is 60.9 Å². The molecule has 3 aromatic rings. The van der Waals surface area contributed by atoms with Crippen LogP contribution in [0.1, 0.15) is 36.9 Å². The summed E-state index contributed by atoms with van der Waals surface area (Å²) in [6.07, 6.45) is 9.16. The normalized spacial score (nSPS) is 22.1. The van der Waals surface area contributed by atoms with E-state index in [4.69, 9.17) is 14.5 Å². The topological polar surface area (TPSA) is 72.4 Å². The molecular formula is C27H31N5O2. The van der Waals surface area contributed by atoms with E-state index in [9.17, 15) is 0 Å². The van der Waals surface area contributed by atoms with Crippen molar-refractivity contribution < 1.29 is 9.47 Å². The minimum absolute atomic E-state index is 0.452. The highest BCUT2D eigenvalue weighted by Gasteiger charge is 2.29. The van der Waals surface area contributed by atoms with Crippen LogP contribution in [0.2, 0.25) is 0 Å². The number of nitrogens with one attached hydrogen (secondary N) is 1. The van der Waals surface area contributed by atoms with Crippen LogP contribution < -0.4 is 10.1 Å². The van der Waals surface area contributed by atoms with E-state index < -0.39 is 0 Å². The lowest BCUT2D eigenvalue weighted by atomic mass is 9.89. The number of aromatic nitrogens is 3. The first-order valence-electron chi connectivity index (χ1n) is 12.3. The second-order valence-electron chi connectivity index (χ2n) is 9.48. The number of methoxy groups -OCH3 is 1. The summed E-state index contributed by atoms with van der Waals surface area (Å²) in [6.45, 7) is 3.90. The number of fused-ring (bicyclic) bond motifs is 3. The average Bonchev–Trinajstić information content (AvgIpc) is 3.28. The lowest BCUT2D eigenvalue weighted by Crippen LogP contribution is -2.46. The van der Waals surface area contributed by atoms with E-state index in [1.54, 1.807) is 19.6 Å². The Morgan fingerprint density at radius 1 is 0.971 bits per heavy atom. The van der Waals surface area contributed by atoms with Gasteiger partial charge in [-0.05, 0) is 60.1 Å². The summed E-state index contributed by atoms with van der Waals surface area (Å²) < 4.78 is 10.9. The zero-order valence-corrected chi connectivity index (χ0v) is 19.7. The van der Waals surface area contributed by atoms with E-state index in [1.807, 2.05) is 12.1 Å². The van der Waals surface area contributed by atoms with Crippen LogP contribution in [-0.4, -0.2) is 65.3 Å². The summed E-state index contributed by atoms with van der Waals surface area (Å²) >= 11 is 0. The average molecular weight is 458 g/mol. The summed E-state index contributed by atoms with van der Waals surface area (Å²) in [6, 6.07) is 11.8. The second-order valence-corrected chi connectivity index (χ2v) is 9.48. The van der Waals surface area contributed by atoms with Gasteiger partial charge in [-0.2, -0.15) is 0 Å². The molecule has 176 valence electrons. The monoisotopic (exact) mass is 457 g/mol. The predicted octanol–water partition coefficient (Wildman–Crippen LogP) is 4.17. The highest BCUT2D eigenvalue weighted by molar-refractivity contribution is 5.86. The van der Waals surface area contributed by atoms with Crippen molar-refractivity contribution in [1.29, 1.82) is 0 Å². The predicted molar refractivity (Wildman–Crippen MR) is 132 cm³/mol. The fraction of sp³-hybridized carbons (Fsp3) is 0.444. The summed E-state index contributed by atoms with van der Waals surface area (Å²) in [5, 5.41) is 3.80. The molecule has 6 rings (SSSR count). The van der Waals surface area contributed by atoms with Crippen molar-refractivity contribution in [2.45, 2.75) is 44.2 Å². The zero-order chi connectivity index (χ0) is 22.9. The van der Waals surface area contributed by atoms with Crippen LogP contribution in [0.25, 0.3) is 22.3 Å². The molecule has 3 heterocycles. The largest absolute Gasteiger partial charge is 0.481 e. The molecule has 0 spiro atoms. The van der Waals surface area contributed by atoms with E-state index in [1.165, 1.54) is 36.8 Å². The van der Waals surface area contributed by atoms with Crippen molar-refractivity contribution in [1.82, 2.24) is 19.9 Å². The Bertz CT molecular complexity index is 1170. The minimum atomic E-state index is 0.452.